The van der Waals surface area contributed by atoms with Gasteiger partial charge in [0.1, 0.15) is 0 Å². The summed E-state index contributed by atoms with van der Waals surface area (Å²) in [5.41, 5.74) is 0.781. The predicted molar refractivity (Wildman–Crippen MR) is 75.1 cm³/mol. The maximum atomic E-state index is 12.6. The molecule has 1 aliphatic rings. The number of benzene rings is 1. The topological polar surface area (TPSA) is 49.4 Å². The number of nitrogens with zero attached hydrogens (tertiary/aromatic N) is 1. The van der Waals surface area contributed by atoms with E-state index in [0.717, 1.165) is 10.0 Å². The summed E-state index contributed by atoms with van der Waals surface area (Å²) in [6, 6.07) is 5.35. The van der Waals surface area contributed by atoms with E-state index >= 15 is 0 Å². The Labute approximate surface area is 117 Å². The predicted octanol–water partition coefficient (Wildman–Crippen LogP) is 1.74. The molecule has 0 aliphatic carbocycles. The van der Waals surface area contributed by atoms with Crippen molar-refractivity contribution in [3.8, 4) is 0 Å². The third-order valence-electron chi connectivity index (χ3n) is 3.18. The van der Waals surface area contributed by atoms with Crippen molar-refractivity contribution in [3.63, 3.8) is 0 Å². The molecule has 0 radical (unpaired) electrons. The molecule has 4 nitrogen and oxygen atoms in total. The van der Waals surface area contributed by atoms with Gasteiger partial charge in [0.15, 0.2) is 0 Å². The van der Waals surface area contributed by atoms with Crippen LogP contribution in [0, 0.1) is 6.92 Å². The van der Waals surface area contributed by atoms with Gasteiger partial charge >= 0.3 is 0 Å². The molecule has 1 heterocycles. The first-order valence-electron chi connectivity index (χ1n) is 5.91. The molecule has 6 heteroatoms. The van der Waals surface area contributed by atoms with Gasteiger partial charge in [-0.3, -0.25) is 0 Å². The van der Waals surface area contributed by atoms with Crippen LogP contribution in [-0.2, 0) is 10.0 Å². The highest BCUT2D eigenvalue weighted by atomic mass is 79.9. The van der Waals surface area contributed by atoms with Gasteiger partial charge in [-0.2, -0.15) is 4.31 Å². The van der Waals surface area contributed by atoms with Gasteiger partial charge in [0.25, 0.3) is 0 Å². The quantitative estimate of drug-likeness (QED) is 0.897. The van der Waals surface area contributed by atoms with Gasteiger partial charge in [-0.15, -0.1) is 0 Å². The van der Waals surface area contributed by atoms with Crippen LogP contribution >= 0.6 is 15.9 Å². The van der Waals surface area contributed by atoms with Crippen LogP contribution in [0.1, 0.15) is 12.5 Å². The molecule has 1 N–H and O–H groups in total. The lowest BCUT2D eigenvalue weighted by atomic mass is 10.2. The van der Waals surface area contributed by atoms with Crippen LogP contribution in [0.5, 0.6) is 0 Å². The highest BCUT2D eigenvalue weighted by molar-refractivity contribution is 9.10. The van der Waals surface area contributed by atoms with E-state index < -0.39 is 10.0 Å². The Balaban J connectivity index is 2.44. The summed E-state index contributed by atoms with van der Waals surface area (Å²) < 4.78 is 27.7. The standard InChI is InChI=1S/C12H17BrN2O2S/c1-9-3-4-11(13)7-12(9)18(16,17)15-6-5-14-8-10(15)2/h3-4,7,10,14H,5-6,8H2,1-2H3/t10-/m0/s1. The zero-order valence-corrected chi connectivity index (χ0v) is 12.9. The molecule has 18 heavy (non-hydrogen) atoms. The molecule has 1 saturated heterocycles. The highest BCUT2D eigenvalue weighted by Gasteiger charge is 2.31. The molecular formula is C12H17BrN2O2S. The van der Waals surface area contributed by atoms with Gasteiger partial charge in [-0.05, 0) is 31.5 Å². The highest BCUT2D eigenvalue weighted by Crippen LogP contribution is 2.25. The molecule has 1 atom stereocenters. The average Bonchev–Trinajstić information content (AvgIpc) is 2.32. The minimum atomic E-state index is -3.40. The van der Waals surface area contributed by atoms with Gasteiger partial charge in [-0.25, -0.2) is 8.42 Å². The van der Waals surface area contributed by atoms with Crippen molar-refractivity contribution in [1.29, 1.82) is 0 Å². The fraction of sp³-hybridized carbons (Fsp3) is 0.500. The summed E-state index contributed by atoms with van der Waals surface area (Å²) in [7, 11) is -3.40. The van der Waals surface area contributed by atoms with E-state index in [1.54, 1.807) is 10.4 Å². The molecule has 2 rings (SSSR count). The summed E-state index contributed by atoms with van der Waals surface area (Å²) in [5, 5.41) is 3.20. The second-order valence-corrected chi connectivity index (χ2v) is 7.35. The number of hydrogen-bond acceptors (Lipinski definition) is 3. The lowest BCUT2D eigenvalue weighted by Crippen LogP contribution is -2.52. The summed E-state index contributed by atoms with van der Waals surface area (Å²) in [6.07, 6.45) is 0. The molecule has 1 fully saturated rings. The Hall–Kier alpha value is -0.430. The van der Waals surface area contributed by atoms with E-state index in [2.05, 4.69) is 21.2 Å². The number of rotatable bonds is 2. The lowest BCUT2D eigenvalue weighted by molar-refractivity contribution is 0.283. The Morgan fingerprint density at radius 1 is 1.44 bits per heavy atom. The van der Waals surface area contributed by atoms with Gasteiger partial charge in [0, 0.05) is 30.1 Å². The largest absolute Gasteiger partial charge is 0.314 e. The molecule has 0 amide bonds. The SMILES string of the molecule is Cc1ccc(Br)cc1S(=O)(=O)N1CCNC[C@@H]1C. The second-order valence-electron chi connectivity index (χ2n) is 4.58. The third-order valence-corrected chi connectivity index (χ3v) is 5.83. The second kappa shape index (κ2) is 5.28. The van der Waals surface area contributed by atoms with E-state index in [0.29, 0.717) is 24.5 Å². The summed E-state index contributed by atoms with van der Waals surface area (Å²) >= 11 is 3.33. The Morgan fingerprint density at radius 2 is 2.17 bits per heavy atom. The van der Waals surface area contributed by atoms with E-state index in [9.17, 15) is 8.42 Å². The smallest absolute Gasteiger partial charge is 0.243 e. The summed E-state index contributed by atoms with van der Waals surface area (Å²) in [6.45, 7) is 5.68. The Morgan fingerprint density at radius 3 is 2.83 bits per heavy atom. The third kappa shape index (κ3) is 2.61. The molecule has 1 aromatic rings. The average molecular weight is 333 g/mol. The Kier molecular flexibility index (Phi) is 4.11. The van der Waals surface area contributed by atoms with Crippen LogP contribution in [-0.4, -0.2) is 38.4 Å². The maximum Gasteiger partial charge on any atom is 0.243 e. The van der Waals surface area contributed by atoms with Gasteiger partial charge in [-0.1, -0.05) is 22.0 Å². The van der Waals surface area contributed by atoms with E-state index in [1.165, 1.54) is 0 Å². The van der Waals surface area contributed by atoms with Crippen molar-refractivity contribution in [1.82, 2.24) is 9.62 Å². The van der Waals surface area contributed by atoms with Crippen LogP contribution < -0.4 is 5.32 Å². The number of piperazine rings is 1. The maximum absolute atomic E-state index is 12.6. The molecule has 0 spiro atoms. The van der Waals surface area contributed by atoms with Crippen LogP contribution in [0.25, 0.3) is 0 Å². The molecular weight excluding hydrogens is 316 g/mol. The minimum absolute atomic E-state index is 0.0119. The van der Waals surface area contributed by atoms with Crippen molar-refractivity contribution in [2.45, 2.75) is 24.8 Å². The van der Waals surface area contributed by atoms with Crippen LogP contribution in [0.3, 0.4) is 0 Å². The zero-order chi connectivity index (χ0) is 13.3. The van der Waals surface area contributed by atoms with Crippen LogP contribution in [0.2, 0.25) is 0 Å². The number of nitrogens with one attached hydrogen (secondary N) is 1. The molecule has 0 unspecified atom stereocenters. The normalized spacial score (nSPS) is 22.1. The number of hydrogen-bond donors (Lipinski definition) is 1. The molecule has 1 aliphatic heterocycles. The lowest BCUT2D eigenvalue weighted by Gasteiger charge is -2.33. The Bertz CT molecular complexity index is 545. The van der Waals surface area contributed by atoms with Crippen molar-refractivity contribution < 1.29 is 8.42 Å². The van der Waals surface area contributed by atoms with Crippen molar-refractivity contribution in [3.05, 3.63) is 28.2 Å². The minimum Gasteiger partial charge on any atom is -0.314 e. The van der Waals surface area contributed by atoms with Gasteiger partial charge < -0.3 is 5.32 Å². The van der Waals surface area contributed by atoms with Crippen LogP contribution in [0.15, 0.2) is 27.6 Å². The molecule has 0 bridgehead atoms. The monoisotopic (exact) mass is 332 g/mol. The molecule has 100 valence electrons. The molecule has 0 aromatic heterocycles. The van der Waals surface area contributed by atoms with Crippen molar-refractivity contribution in [2.24, 2.45) is 0 Å². The van der Waals surface area contributed by atoms with Gasteiger partial charge in [0.05, 0.1) is 4.90 Å². The number of halogens is 1. The first-order valence-corrected chi connectivity index (χ1v) is 8.15. The van der Waals surface area contributed by atoms with Crippen LogP contribution in [0.4, 0.5) is 0 Å². The fourth-order valence-electron chi connectivity index (χ4n) is 2.16. The van der Waals surface area contributed by atoms with E-state index in [1.807, 2.05) is 26.0 Å². The van der Waals surface area contributed by atoms with E-state index in [4.69, 9.17) is 0 Å². The van der Waals surface area contributed by atoms with E-state index in [-0.39, 0.29) is 6.04 Å². The summed E-state index contributed by atoms with van der Waals surface area (Å²) in [4.78, 5) is 0.394. The zero-order valence-electron chi connectivity index (χ0n) is 10.5. The molecule has 0 saturated carbocycles. The van der Waals surface area contributed by atoms with Crippen molar-refractivity contribution >= 4 is 26.0 Å². The summed E-state index contributed by atoms with van der Waals surface area (Å²) in [5.74, 6) is 0. The molecule has 1 aromatic carbocycles. The number of aryl methyl sites for hydroxylation is 1. The number of sulfonamides is 1. The first-order chi connectivity index (χ1) is 8.43. The fourth-order valence-corrected chi connectivity index (χ4v) is 4.55. The first kappa shape index (κ1) is 14.0. The van der Waals surface area contributed by atoms with Crippen molar-refractivity contribution in [2.75, 3.05) is 19.6 Å². The van der Waals surface area contributed by atoms with Gasteiger partial charge in [0.2, 0.25) is 10.0 Å².